The van der Waals surface area contributed by atoms with Gasteiger partial charge in [-0.15, -0.1) is 0 Å². The Morgan fingerprint density at radius 1 is 0.840 bits per heavy atom. The van der Waals surface area contributed by atoms with Crippen LogP contribution in [0, 0.1) is 0 Å². The molecule has 0 fully saturated rings. The van der Waals surface area contributed by atoms with E-state index in [9.17, 15) is 15.3 Å². The lowest BCUT2D eigenvalue weighted by Gasteiger charge is -2.18. The fourth-order valence-electron chi connectivity index (χ4n) is 3.14. The summed E-state index contributed by atoms with van der Waals surface area (Å²) in [6.07, 6.45) is 8.63. The van der Waals surface area contributed by atoms with Crippen molar-refractivity contribution in [1.29, 1.82) is 0 Å². The number of aromatic hydroxyl groups is 2. The van der Waals surface area contributed by atoms with Crippen LogP contribution in [0.2, 0.25) is 0 Å². The lowest BCUT2D eigenvalue weighted by Crippen LogP contribution is -1.99. The van der Waals surface area contributed by atoms with Crippen LogP contribution < -0.4 is 0 Å². The standard InChI is InChI=1S/C22H22O3/c23-15-3-6-21(16-4-1-2-5-16)22(17-7-11-19(24)12-8-17)18-9-13-20(25)14-10-18/h1-2,4,7-14,23-25H,3,5-6,15H2. The fourth-order valence-corrected chi connectivity index (χ4v) is 3.14. The minimum Gasteiger partial charge on any atom is -0.508 e. The molecule has 0 saturated carbocycles. The number of aliphatic hydroxyl groups excluding tert-OH is 1. The van der Waals surface area contributed by atoms with E-state index in [0.717, 1.165) is 29.5 Å². The van der Waals surface area contributed by atoms with Crippen molar-refractivity contribution in [2.45, 2.75) is 19.3 Å². The molecule has 0 aromatic heterocycles. The first-order valence-electron chi connectivity index (χ1n) is 8.48. The van der Waals surface area contributed by atoms with E-state index in [1.165, 1.54) is 11.1 Å². The molecule has 3 heteroatoms. The number of aliphatic hydroxyl groups is 1. The molecule has 0 unspecified atom stereocenters. The average molecular weight is 334 g/mol. The normalized spacial score (nSPS) is 12.9. The predicted molar refractivity (Wildman–Crippen MR) is 100 cm³/mol. The van der Waals surface area contributed by atoms with Gasteiger partial charge in [-0.3, -0.25) is 0 Å². The Balaban J connectivity index is 2.18. The predicted octanol–water partition coefficient (Wildman–Crippen LogP) is 4.56. The molecule has 2 aromatic carbocycles. The molecule has 0 amide bonds. The first-order chi connectivity index (χ1) is 12.2. The monoisotopic (exact) mass is 334 g/mol. The van der Waals surface area contributed by atoms with Gasteiger partial charge >= 0.3 is 0 Å². The van der Waals surface area contributed by atoms with Gasteiger partial charge in [-0.05, 0) is 71.4 Å². The maximum Gasteiger partial charge on any atom is 0.115 e. The summed E-state index contributed by atoms with van der Waals surface area (Å²) in [4.78, 5) is 0. The highest BCUT2D eigenvalue weighted by molar-refractivity contribution is 5.85. The van der Waals surface area contributed by atoms with Gasteiger partial charge in [0.25, 0.3) is 0 Å². The Hall–Kier alpha value is -2.78. The molecule has 1 aliphatic rings. The third-order valence-electron chi connectivity index (χ3n) is 4.36. The number of phenols is 2. The SMILES string of the molecule is OCCCC(C1=CC=CC1)=C(c1ccc(O)cc1)c1ccc(O)cc1. The van der Waals surface area contributed by atoms with E-state index in [4.69, 9.17) is 0 Å². The van der Waals surface area contributed by atoms with Gasteiger partial charge in [-0.1, -0.05) is 42.5 Å². The highest BCUT2D eigenvalue weighted by atomic mass is 16.3. The summed E-state index contributed by atoms with van der Waals surface area (Å²) in [6, 6.07) is 14.3. The summed E-state index contributed by atoms with van der Waals surface area (Å²) >= 11 is 0. The smallest absolute Gasteiger partial charge is 0.115 e. The molecule has 0 aliphatic heterocycles. The molecule has 0 spiro atoms. The first kappa shape index (κ1) is 17.1. The van der Waals surface area contributed by atoms with Gasteiger partial charge in [-0.2, -0.15) is 0 Å². The molecule has 25 heavy (non-hydrogen) atoms. The zero-order valence-corrected chi connectivity index (χ0v) is 14.0. The van der Waals surface area contributed by atoms with Gasteiger partial charge in [-0.25, -0.2) is 0 Å². The second-order valence-electron chi connectivity index (χ2n) is 6.10. The van der Waals surface area contributed by atoms with Crippen LogP contribution in [0.5, 0.6) is 11.5 Å². The minimum atomic E-state index is 0.142. The molecular formula is C22H22O3. The van der Waals surface area contributed by atoms with E-state index in [2.05, 4.69) is 18.2 Å². The van der Waals surface area contributed by atoms with Crippen LogP contribution in [0.4, 0.5) is 0 Å². The molecule has 0 heterocycles. The average Bonchev–Trinajstić information content (AvgIpc) is 3.15. The lowest BCUT2D eigenvalue weighted by molar-refractivity contribution is 0.289. The molecule has 0 bridgehead atoms. The van der Waals surface area contributed by atoms with E-state index < -0.39 is 0 Å². The van der Waals surface area contributed by atoms with Gasteiger partial charge in [0, 0.05) is 6.61 Å². The highest BCUT2D eigenvalue weighted by Gasteiger charge is 2.16. The van der Waals surface area contributed by atoms with Gasteiger partial charge in [0.1, 0.15) is 11.5 Å². The highest BCUT2D eigenvalue weighted by Crippen LogP contribution is 2.36. The van der Waals surface area contributed by atoms with Gasteiger partial charge in [0.05, 0.1) is 0 Å². The van der Waals surface area contributed by atoms with Crippen molar-refractivity contribution in [3.8, 4) is 11.5 Å². The Morgan fingerprint density at radius 3 is 1.84 bits per heavy atom. The van der Waals surface area contributed by atoms with Crippen molar-refractivity contribution in [2.24, 2.45) is 0 Å². The van der Waals surface area contributed by atoms with Crippen LogP contribution >= 0.6 is 0 Å². The third kappa shape index (κ3) is 4.01. The van der Waals surface area contributed by atoms with Crippen LogP contribution in [0.25, 0.3) is 5.57 Å². The minimum absolute atomic E-state index is 0.142. The molecule has 0 saturated heterocycles. The number of hydrogen-bond acceptors (Lipinski definition) is 3. The number of hydrogen-bond donors (Lipinski definition) is 3. The van der Waals surface area contributed by atoms with Crippen LogP contribution in [0.15, 0.2) is 77.9 Å². The van der Waals surface area contributed by atoms with Crippen LogP contribution in [-0.2, 0) is 0 Å². The number of rotatable bonds is 6. The molecular weight excluding hydrogens is 312 g/mol. The van der Waals surface area contributed by atoms with Crippen molar-refractivity contribution >= 4 is 5.57 Å². The first-order valence-corrected chi connectivity index (χ1v) is 8.48. The topological polar surface area (TPSA) is 60.7 Å². The summed E-state index contributed by atoms with van der Waals surface area (Å²) < 4.78 is 0. The summed E-state index contributed by atoms with van der Waals surface area (Å²) in [6.45, 7) is 0.142. The Kier molecular flexibility index (Phi) is 5.36. The zero-order valence-electron chi connectivity index (χ0n) is 14.0. The van der Waals surface area contributed by atoms with Gasteiger partial charge in [0.2, 0.25) is 0 Å². The largest absolute Gasteiger partial charge is 0.508 e. The molecule has 0 radical (unpaired) electrons. The summed E-state index contributed by atoms with van der Waals surface area (Å²) in [7, 11) is 0. The van der Waals surface area contributed by atoms with Gasteiger partial charge in [0.15, 0.2) is 0 Å². The molecule has 3 rings (SSSR count). The number of benzene rings is 2. The maximum absolute atomic E-state index is 9.63. The zero-order chi connectivity index (χ0) is 17.6. The summed E-state index contributed by atoms with van der Waals surface area (Å²) in [5.74, 6) is 0.458. The fraction of sp³-hybridized carbons (Fsp3) is 0.182. The Morgan fingerprint density at radius 2 is 1.40 bits per heavy atom. The molecule has 3 nitrogen and oxygen atoms in total. The molecule has 2 aromatic rings. The van der Waals surface area contributed by atoms with Crippen molar-refractivity contribution < 1.29 is 15.3 Å². The van der Waals surface area contributed by atoms with E-state index >= 15 is 0 Å². The van der Waals surface area contributed by atoms with Crippen molar-refractivity contribution in [1.82, 2.24) is 0 Å². The molecule has 1 aliphatic carbocycles. The van der Waals surface area contributed by atoms with Crippen molar-refractivity contribution in [2.75, 3.05) is 6.61 Å². The van der Waals surface area contributed by atoms with Crippen LogP contribution in [0.1, 0.15) is 30.4 Å². The van der Waals surface area contributed by atoms with Gasteiger partial charge < -0.3 is 15.3 Å². The third-order valence-corrected chi connectivity index (χ3v) is 4.36. The molecule has 3 N–H and O–H groups in total. The van der Waals surface area contributed by atoms with E-state index in [1.807, 2.05) is 24.3 Å². The van der Waals surface area contributed by atoms with E-state index in [1.54, 1.807) is 24.3 Å². The Bertz CT molecular complexity index is 762. The second kappa shape index (κ2) is 7.86. The Labute approximate surface area is 147 Å². The molecule has 128 valence electrons. The summed E-state index contributed by atoms with van der Waals surface area (Å²) in [5, 5.41) is 28.6. The number of allylic oxidation sites excluding steroid dienone is 5. The maximum atomic E-state index is 9.63. The molecule has 0 atom stereocenters. The summed E-state index contributed by atoms with van der Waals surface area (Å²) in [5.41, 5.74) is 5.51. The van der Waals surface area contributed by atoms with E-state index in [-0.39, 0.29) is 18.1 Å². The lowest BCUT2D eigenvalue weighted by atomic mass is 9.86. The number of phenolic OH excluding ortho intramolecular Hbond substituents is 2. The van der Waals surface area contributed by atoms with Crippen molar-refractivity contribution in [3.63, 3.8) is 0 Å². The second-order valence-corrected chi connectivity index (χ2v) is 6.10. The quantitative estimate of drug-likeness (QED) is 0.726. The van der Waals surface area contributed by atoms with Crippen LogP contribution in [0.3, 0.4) is 0 Å². The van der Waals surface area contributed by atoms with Crippen LogP contribution in [-0.4, -0.2) is 21.9 Å². The van der Waals surface area contributed by atoms with Crippen molar-refractivity contribution in [3.05, 3.63) is 89.0 Å². The van der Waals surface area contributed by atoms with E-state index in [0.29, 0.717) is 6.42 Å².